The van der Waals surface area contributed by atoms with Gasteiger partial charge in [-0.2, -0.15) is 0 Å². The van der Waals surface area contributed by atoms with E-state index in [9.17, 15) is 0 Å². The molecule has 0 aromatic rings. The Kier molecular flexibility index (Phi) is 1.22. The molecule has 0 fully saturated rings. The fourth-order valence-corrected chi connectivity index (χ4v) is 0.424. The summed E-state index contributed by atoms with van der Waals surface area (Å²) in [7, 11) is 0. The average molecular weight is 126 g/mol. The van der Waals surface area contributed by atoms with Gasteiger partial charge in [0.2, 0.25) is 0 Å². The Morgan fingerprint density at radius 3 is 2.67 bits per heavy atom. The van der Waals surface area contributed by atoms with Gasteiger partial charge in [-0.05, 0) is 11.9 Å². The summed E-state index contributed by atoms with van der Waals surface area (Å²) >= 11 is 0. The van der Waals surface area contributed by atoms with Crippen molar-refractivity contribution in [3.63, 3.8) is 0 Å². The van der Waals surface area contributed by atoms with Gasteiger partial charge in [0.25, 0.3) is 0 Å². The highest BCUT2D eigenvalue weighted by molar-refractivity contribution is 5.99. The van der Waals surface area contributed by atoms with Crippen molar-refractivity contribution in [1.29, 1.82) is 0 Å². The van der Waals surface area contributed by atoms with Crippen molar-refractivity contribution in [1.82, 2.24) is 4.99 Å². The van der Waals surface area contributed by atoms with Crippen molar-refractivity contribution in [2.45, 2.75) is 6.92 Å². The molecule has 0 aromatic heterocycles. The molecule has 4 nitrogen and oxygen atoms in total. The van der Waals surface area contributed by atoms with Crippen LogP contribution in [0.5, 0.6) is 0 Å². The monoisotopic (exact) mass is 126 g/mol. The van der Waals surface area contributed by atoms with Crippen molar-refractivity contribution in [3.05, 3.63) is 11.8 Å². The third-order valence-corrected chi connectivity index (χ3v) is 0.932. The van der Waals surface area contributed by atoms with Gasteiger partial charge in [-0.25, -0.2) is 0 Å². The van der Waals surface area contributed by atoms with E-state index in [1.54, 1.807) is 6.92 Å². The molecule has 0 aromatic carbocycles. The van der Waals surface area contributed by atoms with Crippen molar-refractivity contribution in [2.24, 2.45) is 4.99 Å². The zero-order valence-corrected chi connectivity index (χ0v) is 4.87. The molecule has 1 rings (SSSR count). The van der Waals surface area contributed by atoms with Crippen molar-refractivity contribution >= 4 is 11.9 Å². The number of hydrogen-bond acceptors (Lipinski definition) is 2. The molecule has 0 saturated heterocycles. The van der Waals surface area contributed by atoms with Crippen LogP contribution in [0.25, 0.3) is 0 Å². The molecule has 1 aliphatic heterocycles. The second kappa shape index (κ2) is 1.89. The number of aliphatic hydroxyl groups excluding tert-OH is 2. The average Bonchev–Trinajstić information content (AvgIpc) is 1.80. The van der Waals surface area contributed by atoms with Gasteiger partial charge < -0.3 is 10.2 Å². The SMILES string of the molecule is CC1=C[N+]=C(O)N=C1O. The van der Waals surface area contributed by atoms with E-state index in [0.717, 1.165) is 0 Å². The van der Waals surface area contributed by atoms with E-state index in [-0.39, 0.29) is 5.90 Å². The van der Waals surface area contributed by atoms with Gasteiger partial charge in [0.1, 0.15) is 0 Å². The summed E-state index contributed by atoms with van der Waals surface area (Å²) in [6.07, 6.45) is 1.34. The second-order valence-electron chi connectivity index (χ2n) is 1.68. The summed E-state index contributed by atoms with van der Waals surface area (Å²) in [5, 5.41) is 17.3. The van der Waals surface area contributed by atoms with Crippen LogP contribution in [0.15, 0.2) is 16.8 Å². The number of hydrogen-bond donors (Lipinski definition) is 2. The molecule has 1 heterocycles. The summed E-state index contributed by atoms with van der Waals surface area (Å²) < 4.78 is 0. The Hall–Kier alpha value is -1.32. The Morgan fingerprint density at radius 1 is 1.56 bits per heavy atom. The van der Waals surface area contributed by atoms with Gasteiger partial charge in [-0.3, -0.25) is 0 Å². The first kappa shape index (κ1) is 5.81. The van der Waals surface area contributed by atoms with E-state index < -0.39 is 6.02 Å². The quantitative estimate of drug-likeness (QED) is 0.483. The molecule has 1 aliphatic rings. The van der Waals surface area contributed by atoms with E-state index in [0.29, 0.717) is 5.57 Å². The van der Waals surface area contributed by atoms with Crippen LogP contribution in [0.1, 0.15) is 6.92 Å². The number of aliphatic imine (C=N–C) groups is 2. The maximum Gasteiger partial charge on any atom is 0.541 e. The third kappa shape index (κ3) is 1.07. The van der Waals surface area contributed by atoms with E-state index in [2.05, 4.69) is 9.98 Å². The van der Waals surface area contributed by atoms with Crippen molar-refractivity contribution in [3.8, 4) is 0 Å². The van der Waals surface area contributed by atoms with Crippen LogP contribution in [-0.2, 0) is 0 Å². The molecule has 47 valence electrons. The Labute approximate surface area is 51.9 Å². The van der Waals surface area contributed by atoms with Crippen LogP contribution < -0.4 is 4.99 Å². The summed E-state index contributed by atoms with van der Waals surface area (Å²) in [6.45, 7) is 1.65. The standard InChI is InChI=1S/C5H6N2O2/c1-3-2-6-5(9)7-4(3)8/h2H,1H3,(H2,7,8,9)/q+1. The van der Waals surface area contributed by atoms with E-state index >= 15 is 0 Å². The predicted molar refractivity (Wildman–Crippen MR) is 33.6 cm³/mol. The molecular weight excluding hydrogens is 120 g/mol. The van der Waals surface area contributed by atoms with Gasteiger partial charge in [0.05, 0.1) is 5.57 Å². The topological polar surface area (TPSA) is 66.9 Å². The van der Waals surface area contributed by atoms with Gasteiger partial charge in [-0.1, -0.05) is 0 Å². The van der Waals surface area contributed by atoms with Crippen LogP contribution in [-0.4, -0.2) is 22.1 Å². The first-order valence-corrected chi connectivity index (χ1v) is 2.41. The minimum atomic E-state index is -0.405. The van der Waals surface area contributed by atoms with Crippen LogP contribution >= 0.6 is 0 Å². The number of amidine groups is 1. The number of nitrogens with zero attached hydrogens (tertiary/aromatic N) is 2. The lowest BCUT2D eigenvalue weighted by Crippen LogP contribution is -2.12. The minimum Gasteiger partial charge on any atom is -0.475 e. The van der Waals surface area contributed by atoms with E-state index in [1.165, 1.54) is 6.20 Å². The molecule has 0 spiro atoms. The highest BCUT2D eigenvalue weighted by Gasteiger charge is 2.17. The second-order valence-corrected chi connectivity index (χ2v) is 1.68. The molecule has 2 N–H and O–H groups in total. The Bertz CT molecular complexity index is 215. The van der Waals surface area contributed by atoms with Gasteiger partial charge in [0, 0.05) is 4.99 Å². The van der Waals surface area contributed by atoms with Crippen LogP contribution in [0.3, 0.4) is 0 Å². The van der Waals surface area contributed by atoms with Crippen molar-refractivity contribution < 1.29 is 10.2 Å². The molecule has 4 heteroatoms. The van der Waals surface area contributed by atoms with Gasteiger partial charge in [0.15, 0.2) is 6.20 Å². The molecule has 1 radical (unpaired) electrons. The first-order valence-electron chi connectivity index (χ1n) is 2.41. The molecule has 0 saturated carbocycles. The lowest BCUT2D eigenvalue weighted by Gasteiger charge is -1.88. The molecular formula is C5H6N2O2+. The zero-order chi connectivity index (χ0) is 6.85. The molecule has 0 atom stereocenters. The minimum absolute atomic E-state index is 0.178. The maximum absolute atomic E-state index is 8.79. The van der Waals surface area contributed by atoms with Crippen LogP contribution in [0, 0.1) is 0 Å². The zero-order valence-electron chi connectivity index (χ0n) is 4.87. The van der Waals surface area contributed by atoms with E-state index in [1.807, 2.05) is 0 Å². The number of aliphatic hydroxyl groups is 2. The maximum atomic E-state index is 8.79. The lowest BCUT2D eigenvalue weighted by molar-refractivity contribution is 0.517. The summed E-state index contributed by atoms with van der Waals surface area (Å²) in [5.74, 6) is -0.178. The molecule has 0 bridgehead atoms. The predicted octanol–water partition coefficient (Wildman–Crippen LogP) is 0.110. The first-order chi connectivity index (χ1) is 4.20. The van der Waals surface area contributed by atoms with Gasteiger partial charge in [-0.15, -0.1) is 0 Å². The van der Waals surface area contributed by atoms with E-state index in [4.69, 9.17) is 10.2 Å². The molecule has 0 aliphatic carbocycles. The smallest absolute Gasteiger partial charge is 0.475 e. The summed E-state index contributed by atoms with van der Waals surface area (Å²) in [5.41, 5.74) is 0.549. The molecule has 0 unspecified atom stereocenters. The summed E-state index contributed by atoms with van der Waals surface area (Å²) in [6, 6.07) is -0.405. The van der Waals surface area contributed by atoms with Crippen LogP contribution in [0.4, 0.5) is 0 Å². The lowest BCUT2D eigenvalue weighted by atomic mass is 10.3. The molecule has 9 heavy (non-hydrogen) atoms. The fraction of sp³-hybridized carbons (Fsp3) is 0.200. The largest absolute Gasteiger partial charge is 0.541 e. The fourth-order valence-electron chi connectivity index (χ4n) is 0.424. The third-order valence-electron chi connectivity index (χ3n) is 0.932. The van der Waals surface area contributed by atoms with Crippen molar-refractivity contribution in [2.75, 3.05) is 0 Å². The Morgan fingerprint density at radius 2 is 2.22 bits per heavy atom. The highest BCUT2D eigenvalue weighted by Crippen LogP contribution is 1.95. The normalized spacial score (nSPS) is 18.1. The Balaban J connectivity index is 2.99. The van der Waals surface area contributed by atoms with Crippen LogP contribution in [0.2, 0.25) is 0 Å². The van der Waals surface area contributed by atoms with Gasteiger partial charge >= 0.3 is 11.9 Å². The summed E-state index contributed by atoms with van der Waals surface area (Å²) in [4.78, 5) is 6.70. The number of rotatable bonds is 0. The molecule has 0 amide bonds. The highest BCUT2D eigenvalue weighted by atomic mass is 16.3.